The summed E-state index contributed by atoms with van der Waals surface area (Å²) in [6.07, 6.45) is 6.94. The molecule has 2 rings (SSSR count). The van der Waals surface area contributed by atoms with Crippen LogP contribution >= 0.6 is 0 Å². The van der Waals surface area contributed by atoms with Gasteiger partial charge in [0.15, 0.2) is 41.4 Å². The second-order valence-electron chi connectivity index (χ2n) is 6.36. The molecule has 162 valence electrons. The lowest BCUT2D eigenvalue weighted by atomic mass is 10.1. The predicted octanol–water partition coefficient (Wildman–Crippen LogP) is 3.90. The molecule has 0 amide bonds. The van der Waals surface area contributed by atoms with Gasteiger partial charge in [0.25, 0.3) is 0 Å². The number of ether oxygens (including phenoxy) is 3. The van der Waals surface area contributed by atoms with Gasteiger partial charge < -0.3 is 24.4 Å². The van der Waals surface area contributed by atoms with Gasteiger partial charge in [-0.2, -0.15) is 0 Å². The van der Waals surface area contributed by atoms with E-state index in [4.69, 9.17) is 14.2 Å². The van der Waals surface area contributed by atoms with Crippen molar-refractivity contribution in [1.82, 2.24) is 0 Å². The first-order valence-corrected chi connectivity index (χ1v) is 9.36. The number of allylic oxidation sites excluding steroid dienone is 2. The van der Waals surface area contributed by atoms with Crippen molar-refractivity contribution >= 4 is 23.7 Å². The molecule has 0 radical (unpaired) electrons. The van der Waals surface area contributed by atoms with Crippen LogP contribution in [-0.4, -0.2) is 42.3 Å². The molecule has 0 fully saturated rings. The second kappa shape index (κ2) is 12.0. The van der Waals surface area contributed by atoms with Crippen molar-refractivity contribution < 1.29 is 34.0 Å². The van der Waals surface area contributed by atoms with Gasteiger partial charge in [-0.05, 0) is 47.5 Å². The number of phenolic OH excluding ortho intramolecular Hbond substituents is 2. The van der Waals surface area contributed by atoms with Gasteiger partial charge in [-0.15, -0.1) is 6.58 Å². The highest BCUT2D eigenvalue weighted by molar-refractivity contribution is 6.10. The molecule has 2 N–H and O–H groups in total. The Balaban J connectivity index is 1.92. The van der Waals surface area contributed by atoms with E-state index in [1.54, 1.807) is 36.4 Å². The van der Waals surface area contributed by atoms with Crippen molar-refractivity contribution in [3.8, 4) is 23.0 Å². The molecule has 0 heterocycles. The molecular formula is C24H24O7. The van der Waals surface area contributed by atoms with E-state index in [0.717, 1.165) is 0 Å². The summed E-state index contributed by atoms with van der Waals surface area (Å²) in [5.74, 6) is -0.297. The van der Waals surface area contributed by atoms with E-state index < -0.39 is 0 Å². The summed E-state index contributed by atoms with van der Waals surface area (Å²) < 4.78 is 15.4. The van der Waals surface area contributed by atoms with Crippen molar-refractivity contribution in [3.05, 3.63) is 72.3 Å². The lowest BCUT2D eigenvalue weighted by Gasteiger charge is -2.08. The maximum atomic E-state index is 12.1. The minimum absolute atomic E-state index is 0.00151. The first-order chi connectivity index (χ1) is 14.9. The molecule has 7 heteroatoms. The smallest absolute Gasteiger partial charge is 0.189 e. The molecule has 31 heavy (non-hydrogen) atoms. The second-order valence-corrected chi connectivity index (χ2v) is 6.36. The van der Waals surface area contributed by atoms with Crippen molar-refractivity contribution in [2.45, 2.75) is 6.42 Å². The van der Waals surface area contributed by atoms with Gasteiger partial charge in [0.1, 0.15) is 0 Å². The van der Waals surface area contributed by atoms with Gasteiger partial charge in [0.2, 0.25) is 0 Å². The van der Waals surface area contributed by atoms with Crippen molar-refractivity contribution in [2.24, 2.45) is 0 Å². The fraction of sp³-hybridized carbons (Fsp3) is 0.167. The van der Waals surface area contributed by atoms with Crippen molar-refractivity contribution in [1.29, 1.82) is 0 Å². The Bertz CT molecular complexity index is 989. The molecule has 0 aliphatic carbocycles. The zero-order chi connectivity index (χ0) is 22.6. The zero-order valence-corrected chi connectivity index (χ0v) is 17.1. The Morgan fingerprint density at radius 1 is 0.935 bits per heavy atom. The molecule has 0 saturated heterocycles. The maximum Gasteiger partial charge on any atom is 0.189 e. The third-order valence-corrected chi connectivity index (χ3v) is 3.99. The first-order valence-electron chi connectivity index (χ1n) is 9.36. The van der Waals surface area contributed by atoms with E-state index in [9.17, 15) is 19.8 Å². The molecule has 2 aromatic rings. The molecule has 0 saturated carbocycles. The number of carbonyl (C=O) groups excluding carboxylic acids is 2. The van der Waals surface area contributed by atoms with Gasteiger partial charge in [-0.3, -0.25) is 9.59 Å². The minimum atomic E-state index is -0.372. The summed E-state index contributed by atoms with van der Waals surface area (Å²) in [7, 11) is 1.43. The number of hydrogen-bond acceptors (Lipinski definition) is 7. The quantitative estimate of drug-likeness (QED) is 0.175. The van der Waals surface area contributed by atoms with Crippen LogP contribution in [0.1, 0.15) is 17.5 Å². The third-order valence-electron chi connectivity index (χ3n) is 3.99. The molecule has 7 nitrogen and oxygen atoms in total. The monoisotopic (exact) mass is 424 g/mol. The maximum absolute atomic E-state index is 12.1. The lowest BCUT2D eigenvalue weighted by molar-refractivity contribution is -0.121. The van der Waals surface area contributed by atoms with Crippen LogP contribution < -0.4 is 9.47 Å². The fourth-order valence-electron chi connectivity index (χ4n) is 2.45. The Morgan fingerprint density at radius 2 is 1.48 bits per heavy atom. The molecule has 0 spiro atoms. The average Bonchev–Trinajstić information content (AvgIpc) is 2.76. The van der Waals surface area contributed by atoms with Crippen LogP contribution in [0.15, 0.2) is 61.2 Å². The Labute approximate surface area is 180 Å². The van der Waals surface area contributed by atoms with E-state index in [1.165, 1.54) is 37.5 Å². The first kappa shape index (κ1) is 23.4. The summed E-state index contributed by atoms with van der Waals surface area (Å²) in [5.41, 5.74) is 1.27. The molecule has 0 unspecified atom stereocenters. The van der Waals surface area contributed by atoms with Crippen LogP contribution in [0.25, 0.3) is 12.2 Å². The highest BCUT2D eigenvalue weighted by Gasteiger charge is 2.06. The van der Waals surface area contributed by atoms with Gasteiger partial charge in [-0.1, -0.05) is 30.4 Å². The summed E-state index contributed by atoms with van der Waals surface area (Å²) in [5, 5.41) is 19.4. The number of methoxy groups -OCH3 is 1. The number of benzene rings is 2. The van der Waals surface area contributed by atoms with Crippen LogP contribution in [0.5, 0.6) is 23.0 Å². The highest BCUT2D eigenvalue weighted by atomic mass is 16.7. The minimum Gasteiger partial charge on any atom is -0.504 e. The van der Waals surface area contributed by atoms with E-state index in [0.29, 0.717) is 17.7 Å². The van der Waals surface area contributed by atoms with Crippen molar-refractivity contribution in [2.75, 3.05) is 20.5 Å². The number of phenols is 2. The van der Waals surface area contributed by atoms with E-state index in [2.05, 4.69) is 6.58 Å². The van der Waals surface area contributed by atoms with E-state index >= 15 is 0 Å². The van der Waals surface area contributed by atoms with Crippen LogP contribution in [-0.2, 0) is 14.3 Å². The lowest BCUT2D eigenvalue weighted by Crippen LogP contribution is -2.03. The van der Waals surface area contributed by atoms with Gasteiger partial charge in [-0.25, -0.2) is 0 Å². The van der Waals surface area contributed by atoms with E-state index in [1.807, 2.05) is 0 Å². The number of aromatic hydroxyl groups is 2. The van der Waals surface area contributed by atoms with Crippen molar-refractivity contribution in [3.63, 3.8) is 0 Å². The highest BCUT2D eigenvalue weighted by Crippen LogP contribution is 2.28. The van der Waals surface area contributed by atoms with Gasteiger partial charge >= 0.3 is 0 Å². The number of ketones is 2. The predicted molar refractivity (Wildman–Crippen MR) is 117 cm³/mol. The summed E-state index contributed by atoms with van der Waals surface area (Å²) in [4.78, 5) is 24.1. The zero-order valence-electron chi connectivity index (χ0n) is 17.1. The molecule has 0 aliphatic rings. The molecule has 0 atom stereocenters. The van der Waals surface area contributed by atoms with Crippen LogP contribution in [0, 0.1) is 0 Å². The molecule has 0 bridgehead atoms. The topological polar surface area (TPSA) is 102 Å². The number of rotatable bonds is 12. The van der Waals surface area contributed by atoms with Crippen LogP contribution in [0.3, 0.4) is 0 Å². The van der Waals surface area contributed by atoms with Crippen LogP contribution in [0.2, 0.25) is 0 Å². The Kier molecular flexibility index (Phi) is 9.07. The summed E-state index contributed by atoms with van der Waals surface area (Å²) >= 11 is 0. The largest absolute Gasteiger partial charge is 0.504 e. The molecule has 0 aliphatic heterocycles. The standard InChI is InChI=1S/C24H24O7/c1-3-12-30-16-31-24-14-18(7-11-22(24)28)5-9-20(26)15-19(25)8-4-17-6-10-21(27)23(13-17)29-2/h3-11,13-14,27-28H,1,12,15-16H2,2H3/b8-4+,9-5+. The average molecular weight is 424 g/mol. The molecule has 0 aromatic heterocycles. The van der Waals surface area contributed by atoms with Gasteiger partial charge in [0, 0.05) is 0 Å². The van der Waals surface area contributed by atoms with Gasteiger partial charge in [0.05, 0.1) is 20.1 Å². The third kappa shape index (κ3) is 7.83. The van der Waals surface area contributed by atoms with E-state index in [-0.39, 0.29) is 47.8 Å². The SMILES string of the molecule is C=CCOCOc1cc(/C=C/C(=O)CC(=O)/C=C/c2ccc(O)c(OC)c2)ccc1O. The summed E-state index contributed by atoms with van der Waals surface area (Å²) in [6.45, 7) is 3.78. The van der Waals surface area contributed by atoms with Crippen LogP contribution in [0.4, 0.5) is 0 Å². The summed E-state index contributed by atoms with van der Waals surface area (Å²) in [6, 6.07) is 9.25. The Hall–Kier alpha value is -3.84. The Morgan fingerprint density at radius 3 is 2.03 bits per heavy atom. The number of carbonyl (C=O) groups is 2. The normalized spacial score (nSPS) is 11.0. The fourth-order valence-corrected chi connectivity index (χ4v) is 2.45. The molecular weight excluding hydrogens is 400 g/mol. The molecule has 2 aromatic carbocycles. The number of hydrogen-bond donors (Lipinski definition) is 2.